The van der Waals surface area contributed by atoms with E-state index in [0.29, 0.717) is 12.2 Å². The molecule has 0 saturated heterocycles. The molecule has 1 aromatic carbocycles. The second-order valence-corrected chi connectivity index (χ2v) is 10.7. The number of ether oxygens (including phenoxy) is 1. The van der Waals surface area contributed by atoms with Gasteiger partial charge in [-0.2, -0.15) is 0 Å². The largest absolute Gasteiger partial charge is 0.487 e. The fraction of sp³-hybridized carbons (Fsp3) is 0.607. The molecular formula is C28H44N4O4. The Balaban J connectivity index is 2.52. The minimum Gasteiger partial charge on any atom is -0.487 e. The lowest BCUT2D eigenvalue weighted by Crippen LogP contribution is -2.62. The predicted octanol–water partition coefficient (Wildman–Crippen LogP) is 3.18. The number of benzene rings is 1. The van der Waals surface area contributed by atoms with Crippen molar-refractivity contribution < 1.29 is 19.1 Å². The summed E-state index contributed by atoms with van der Waals surface area (Å²) in [6.45, 7) is 12.0. The van der Waals surface area contributed by atoms with E-state index in [1.807, 2.05) is 84.8 Å². The lowest BCUT2D eigenvalue weighted by molar-refractivity contribution is -0.137. The minimum atomic E-state index is -0.996. The van der Waals surface area contributed by atoms with Crippen molar-refractivity contribution in [2.45, 2.75) is 78.6 Å². The number of rotatable bonds is 8. The Hall–Kier alpha value is -2.87. The number of carbonyl (C=O) groups is 3. The van der Waals surface area contributed by atoms with Crippen molar-refractivity contribution in [1.29, 1.82) is 0 Å². The highest BCUT2D eigenvalue weighted by Gasteiger charge is 2.38. The van der Waals surface area contributed by atoms with Crippen LogP contribution >= 0.6 is 0 Å². The molecule has 0 aliphatic carbocycles. The summed E-state index contributed by atoms with van der Waals surface area (Å²) in [6, 6.07) is 5.24. The van der Waals surface area contributed by atoms with Gasteiger partial charge in [0.05, 0.1) is 6.04 Å². The van der Waals surface area contributed by atoms with Crippen molar-refractivity contribution in [2.75, 3.05) is 14.1 Å². The Kier molecular flexibility index (Phi) is 11.0. The van der Waals surface area contributed by atoms with Crippen LogP contribution in [-0.2, 0) is 14.4 Å². The monoisotopic (exact) mass is 500 g/mol. The molecule has 0 aromatic heterocycles. The van der Waals surface area contributed by atoms with E-state index in [1.54, 1.807) is 12.3 Å². The van der Waals surface area contributed by atoms with Gasteiger partial charge in [-0.25, -0.2) is 0 Å². The summed E-state index contributed by atoms with van der Waals surface area (Å²) in [4.78, 5) is 42.1. The molecule has 0 fully saturated rings. The number of carbonyl (C=O) groups excluding carboxylic acids is 3. The molecule has 2 aliphatic heterocycles. The number of nitrogens with zero attached hydrogens (tertiary/aromatic N) is 1. The smallest absolute Gasteiger partial charge is 0.247 e. The second kappa shape index (κ2) is 13.4. The molecule has 200 valence electrons. The van der Waals surface area contributed by atoms with Crippen LogP contribution in [0.1, 0.15) is 59.9 Å². The van der Waals surface area contributed by atoms with Crippen molar-refractivity contribution in [3.63, 3.8) is 0 Å². The summed E-state index contributed by atoms with van der Waals surface area (Å²) in [7, 11) is 3.72. The van der Waals surface area contributed by atoms with Crippen molar-refractivity contribution in [1.82, 2.24) is 20.9 Å². The van der Waals surface area contributed by atoms with Crippen molar-refractivity contribution in [2.24, 2.45) is 17.8 Å². The quantitative estimate of drug-likeness (QED) is 0.509. The minimum absolute atomic E-state index is 0.0822. The van der Waals surface area contributed by atoms with E-state index in [4.69, 9.17) is 4.74 Å². The van der Waals surface area contributed by atoms with Crippen LogP contribution in [0, 0.1) is 17.8 Å². The Morgan fingerprint density at radius 1 is 1.06 bits per heavy atom. The van der Waals surface area contributed by atoms with Gasteiger partial charge < -0.3 is 20.7 Å². The third-order valence-electron chi connectivity index (χ3n) is 6.57. The molecule has 0 unspecified atom stereocenters. The van der Waals surface area contributed by atoms with Gasteiger partial charge >= 0.3 is 0 Å². The average Bonchev–Trinajstić information content (AvgIpc) is 2.80. The number of amides is 3. The maximum Gasteiger partial charge on any atom is 0.247 e. The zero-order valence-electron chi connectivity index (χ0n) is 23.0. The van der Waals surface area contributed by atoms with Crippen LogP contribution in [0.25, 0.3) is 6.08 Å². The van der Waals surface area contributed by atoms with Crippen LogP contribution in [0.15, 0.2) is 30.5 Å². The molecular weight excluding hydrogens is 456 g/mol. The zero-order chi connectivity index (χ0) is 27.0. The van der Waals surface area contributed by atoms with E-state index < -0.39 is 30.1 Å². The summed E-state index contributed by atoms with van der Waals surface area (Å²) in [6.07, 6.45) is 3.99. The van der Waals surface area contributed by atoms with E-state index in [-0.39, 0.29) is 29.6 Å². The van der Waals surface area contributed by atoms with E-state index >= 15 is 0 Å². The van der Waals surface area contributed by atoms with Gasteiger partial charge in [0.15, 0.2) is 0 Å². The molecule has 0 spiro atoms. The SMILES string of the molecule is CC[C@H](C)[C@@H](C(=O)N[C@@H]1C(=O)N[C@@H](CC(C)C)C(=O)N/C=C\c2ccc(cc2)O[C@@H]1C(C)C)N(C)C. The lowest BCUT2D eigenvalue weighted by atomic mass is 9.94. The summed E-state index contributed by atoms with van der Waals surface area (Å²) in [5.41, 5.74) is 0.900. The molecule has 8 heteroatoms. The van der Waals surface area contributed by atoms with Crippen LogP contribution in [0.3, 0.4) is 0 Å². The van der Waals surface area contributed by atoms with Crippen molar-refractivity contribution >= 4 is 23.8 Å². The number of hydrogen-bond donors (Lipinski definition) is 3. The normalized spacial score (nSPS) is 23.5. The molecule has 5 atom stereocenters. The van der Waals surface area contributed by atoms with Crippen LogP contribution in [0.2, 0.25) is 0 Å². The Labute approximate surface area is 216 Å². The van der Waals surface area contributed by atoms with Gasteiger partial charge in [0, 0.05) is 6.20 Å². The maximum atomic E-state index is 13.7. The Bertz CT molecular complexity index is 911. The lowest BCUT2D eigenvalue weighted by Gasteiger charge is -2.35. The fourth-order valence-electron chi connectivity index (χ4n) is 4.45. The van der Waals surface area contributed by atoms with Crippen LogP contribution in [0.4, 0.5) is 0 Å². The Morgan fingerprint density at radius 2 is 1.69 bits per heavy atom. The van der Waals surface area contributed by atoms with Gasteiger partial charge in [-0.05, 0) is 62.0 Å². The molecule has 3 amide bonds. The molecule has 1 aromatic rings. The standard InChI is InChI=1S/C28H44N4O4/c1-9-19(6)24(32(7)8)28(35)31-23-25(18(4)5)36-21-12-10-20(11-13-21)14-15-29-26(33)22(16-17(2)3)30-27(23)34/h10-15,17-19,22-25H,9,16H2,1-8H3,(H,29,33)(H,30,34)(H,31,35)/b15-14-/t19-,22-,23-,24-,25+/m0/s1. The average molecular weight is 501 g/mol. The summed E-state index contributed by atoms with van der Waals surface area (Å²) in [5, 5.41) is 8.68. The van der Waals surface area contributed by atoms with Crippen LogP contribution < -0.4 is 20.7 Å². The molecule has 3 N–H and O–H groups in total. The van der Waals surface area contributed by atoms with E-state index in [9.17, 15) is 14.4 Å². The summed E-state index contributed by atoms with van der Waals surface area (Å²) in [5.74, 6) is -0.241. The van der Waals surface area contributed by atoms with Gasteiger partial charge in [0.1, 0.15) is 23.9 Å². The predicted molar refractivity (Wildman–Crippen MR) is 143 cm³/mol. The molecule has 8 nitrogen and oxygen atoms in total. The van der Waals surface area contributed by atoms with Crippen molar-refractivity contribution in [3.05, 3.63) is 36.0 Å². The molecule has 2 aliphatic rings. The van der Waals surface area contributed by atoms with Crippen LogP contribution in [-0.4, -0.2) is 60.9 Å². The molecule has 36 heavy (non-hydrogen) atoms. The highest BCUT2D eigenvalue weighted by Crippen LogP contribution is 2.22. The van der Waals surface area contributed by atoms with Gasteiger partial charge in [0.25, 0.3) is 0 Å². The third-order valence-corrected chi connectivity index (χ3v) is 6.57. The topological polar surface area (TPSA) is 99.8 Å². The highest BCUT2D eigenvalue weighted by atomic mass is 16.5. The van der Waals surface area contributed by atoms with Gasteiger partial charge in [-0.3, -0.25) is 19.3 Å². The van der Waals surface area contributed by atoms with E-state index in [2.05, 4.69) is 16.0 Å². The fourth-order valence-corrected chi connectivity index (χ4v) is 4.45. The summed E-state index contributed by atoms with van der Waals surface area (Å²) >= 11 is 0. The first-order valence-corrected chi connectivity index (χ1v) is 12.9. The zero-order valence-corrected chi connectivity index (χ0v) is 23.0. The number of fused-ring (bicyclic) bond motifs is 10. The van der Waals surface area contributed by atoms with Crippen molar-refractivity contribution in [3.8, 4) is 5.75 Å². The maximum absolute atomic E-state index is 13.7. The molecule has 0 saturated carbocycles. The Morgan fingerprint density at radius 3 is 2.22 bits per heavy atom. The number of likely N-dealkylation sites (N-methyl/N-ethyl adjacent to an activating group) is 1. The molecule has 2 bridgehead atoms. The van der Waals surface area contributed by atoms with Crippen LogP contribution in [0.5, 0.6) is 5.75 Å². The first-order valence-electron chi connectivity index (χ1n) is 12.9. The van der Waals surface area contributed by atoms with E-state index in [1.165, 1.54) is 0 Å². The molecule has 3 rings (SSSR count). The third kappa shape index (κ3) is 8.08. The first-order chi connectivity index (χ1) is 16.9. The van der Waals surface area contributed by atoms with Gasteiger partial charge in [-0.1, -0.05) is 60.1 Å². The molecule has 0 radical (unpaired) electrons. The summed E-state index contributed by atoms with van der Waals surface area (Å²) < 4.78 is 6.31. The molecule has 2 heterocycles. The van der Waals surface area contributed by atoms with Gasteiger partial charge in [0.2, 0.25) is 17.7 Å². The number of nitrogens with one attached hydrogen (secondary N) is 3. The first kappa shape index (κ1) is 29.4. The number of hydrogen-bond acceptors (Lipinski definition) is 5. The van der Waals surface area contributed by atoms with Gasteiger partial charge in [-0.15, -0.1) is 0 Å². The highest BCUT2D eigenvalue weighted by molar-refractivity contribution is 5.94. The van der Waals surface area contributed by atoms with E-state index in [0.717, 1.165) is 12.0 Å². The second-order valence-electron chi connectivity index (χ2n) is 10.7.